The second-order valence-corrected chi connectivity index (χ2v) is 6.54. The molecule has 0 aliphatic rings. The van der Waals surface area contributed by atoms with Crippen molar-refractivity contribution in [3.63, 3.8) is 0 Å². The molecule has 3 aromatic rings. The number of fused-ring (bicyclic) bond motifs is 1. The number of methoxy groups -OCH3 is 1. The van der Waals surface area contributed by atoms with Gasteiger partial charge in [-0.05, 0) is 36.8 Å². The summed E-state index contributed by atoms with van der Waals surface area (Å²) in [5, 5.41) is 0.745. The van der Waals surface area contributed by atoms with Crippen LogP contribution in [0.2, 0.25) is 0 Å². The van der Waals surface area contributed by atoms with Gasteiger partial charge in [0.25, 0.3) is 0 Å². The summed E-state index contributed by atoms with van der Waals surface area (Å²) in [6.07, 6.45) is 1.63. The Kier molecular flexibility index (Phi) is 3.92. The van der Waals surface area contributed by atoms with Gasteiger partial charge in [0.1, 0.15) is 4.90 Å². The Labute approximate surface area is 134 Å². The molecule has 1 heterocycles. The van der Waals surface area contributed by atoms with Crippen LogP contribution in [0, 0.1) is 6.92 Å². The van der Waals surface area contributed by atoms with Crippen LogP contribution >= 0.6 is 0 Å². The van der Waals surface area contributed by atoms with Gasteiger partial charge in [-0.1, -0.05) is 24.3 Å². The molecule has 0 bridgehead atoms. The molecule has 118 valence electrons. The van der Waals surface area contributed by atoms with E-state index in [4.69, 9.17) is 8.92 Å². The Morgan fingerprint density at radius 3 is 2.48 bits per heavy atom. The van der Waals surface area contributed by atoms with Crippen molar-refractivity contribution in [3.05, 3.63) is 60.3 Å². The Hall–Kier alpha value is -2.60. The fraction of sp³-hybridized carbons (Fsp3) is 0.118. The zero-order valence-electron chi connectivity index (χ0n) is 12.7. The van der Waals surface area contributed by atoms with Gasteiger partial charge >= 0.3 is 10.1 Å². The molecule has 0 spiro atoms. The molecule has 0 fully saturated rings. The van der Waals surface area contributed by atoms with E-state index in [1.807, 2.05) is 19.1 Å². The molecule has 0 amide bonds. The van der Waals surface area contributed by atoms with Gasteiger partial charge in [-0.15, -0.1) is 0 Å². The molecule has 3 rings (SSSR count). The molecule has 0 unspecified atom stereocenters. The first kappa shape index (κ1) is 15.3. The predicted molar refractivity (Wildman–Crippen MR) is 87.3 cm³/mol. The molecule has 1 aromatic heterocycles. The van der Waals surface area contributed by atoms with E-state index in [1.165, 1.54) is 13.2 Å². The summed E-state index contributed by atoms with van der Waals surface area (Å²) in [4.78, 5) is 4.27. The Bertz CT molecular complexity index is 967. The lowest BCUT2D eigenvalue weighted by Gasteiger charge is -2.11. The standard InChI is InChI=1S/C17H15NO4S/c1-12-10-13-6-5-9-16(17(13)18-11-12)23(19,20)22-15-8-4-3-7-14(15)21-2/h3-11H,1-2H3. The van der Waals surface area contributed by atoms with E-state index in [0.717, 1.165) is 10.9 Å². The van der Waals surface area contributed by atoms with E-state index in [1.54, 1.807) is 36.5 Å². The summed E-state index contributed by atoms with van der Waals surface area (Å²) in [5.74, 6) is 0.485. The molecular weight excluding hydrogens is 314 g/mol. The van der Waals surface area contributed by atoms with E-state index in [-0.39, 0.29) is 10.6 Å². The summed E-state index contributed by atoms with van der Waals surface area (Å²) >= 11 is 0. The lowest BCUT2D eigenvalue weighted by atomic mass is 10.2. The molecular formula is C17H15NO4S. The van der Waals surface area contributed by atoms with Crippen LogP contribution in [-0.4, -0.2) is 20.5 Å². The zero-order valence-corrected chi connectivity index (χ0v) is 13.5. The van der Waals surface area contributed by atoms with E-state index in [9.17, 15) is 8.42 Å². The lowest BCUT2D eigenvalue weighted by Crippen LogP contribution is -2.11. The predicted octanol–water partition coefficient (Wildman–Crippen LogP) is 3.32. The molecule has 23 heavy (non-hydrogen) atoms. The third kappa shape index (κ3) is 2.98. The smallest absolute Gasteiger partial charge is 0.341 e. The third-order valence-corrected chi connectivity index (χ3v) is 4.62. The van der Waals surface area contributed by atoms with Crippen LogP contribution in [0.3, 0.4) is 0 Å². The summed E-state index contributed by atoms with van der Waals surface area (Å²) in [5.41, 5.74) is 1.34. The van der Waals surface area contributed by atoms with Crippen molar-refractivity contribution in [3.8, 4) is 11.5 Å². The molecule has 0 aliphatic carbocycles. The number of aryl methyl sites for hydroxylation is 1. The number of ether oxygens (including phenoxy) is 1. The summed E-state index contributed by atoms with van der Waals surface area (Å²) in [6.45, 7) is 1.90. The largest absolute Gasteiger partial charge is 0.493 e. The van der Waals surface area contributed by atoms with Crippen molar-refractivity contribution >= 4 is 21.0 Å². The topological polar surface area (TPSA) is 65.5 Å². The fourth-order valence-corrected chi connectivity index (χ4v) is 3.41. The average Bonchev–Trinajstić information content (AvgIpc) is 2.54. The third-order valence-electron chi connectivity index (χ3n) is 3.35. The highest BCUT2D eigenvalue weighted by atomic mass is 32.2. The first-order valence-electron chi connectivity index (χ1n) is 6.94. The highest BCUT2D eigenvalue weighted by Crippen LogP contribution is 2.30. The number of para-hydroxylation sites is 3. The number of pyridine rings is 1. The van der Waals surface area contributed by atoms with Crippen molar-refractivity contribution in [2.24, 2.45) is 0 Å². The van der Waals surface area contributed by atoms with Crippen molar-refractivity contribution in [1.82, 2.24) is 4.98 Å². The van der Waals surface area contributed by atoms with Crippen LogP contribution < -0.4 is 8.92 Å². The second-order valence-electron chi connectivity index (χ2n) is 5.03. The normalized spacial score (nSPS) is 11.4. The van der Waals surface area contributed by atoms with Gasteiger partial charge in [0.05, 0.1) is 12.6 Å². The molecule has 0 saturated carbocycles. The average molecular weight is 329 g/mol. The van der Waals surface area contributed by atoms with Crippen molar-refractivity contribution in [1.29, 1.82) is 0 Å². The molecule has 0 N–H and O–H groups in total. The summed E-state index contributed by atoms with van der Waals surface area (Å²) in [7, 11) is -2.57. The second kappa shape index (κ2) is 5.89. The van der Waals surface area contributed by atoms with Gasteiger partial charge in [0.2, 0.25) is 0 Å². The Balaban J connectivity index is 2.10. The molecule has 5 nitrogen and oxygen atoms in total. The van der Waals surface area contributed by atoms with Gasteiger partial charge < -0.3 is 8.92 Å². The van der Waals surface area contributed by atoms with Crippen LogP contribution in [0.4, 0.5) is 0 Å². The highest BCUT2D eigenvalue weighted by Gasteiger charge is 2.22. The molecule has 2 aromatic carbocycles. The maximum atomic E-state index is 12.7. The van der Waals surface area contributed by atoms with Crippen molar-refractivity contribution < 1.29 is 17.3 Å². The van der Waals surface area contributed by atoms with E-state index in [2.05, 4.69) is 4.98 Å². The first-order chi connectivity index (χ1) is 11.0. The first-order valence-corrected chi connectivity index (χ1v) is 8.35. The lowest BCUT2D eigenvalue weighted by molar-refractivity contribution is 0.390. The van der Waals surface area contributed by atoms with E-state index < -0.39 is 10.1 Å². The summed E-state index contributed by atoms with van der Waals surface area (Å²) < 4.78 is 35.7. The van der Waals surface area contributed by atoms with Crippen molar-refractivity contribution in [2.75, 3.05) is 7.11 Å². The van der Waals surface area contributed by atoms with Gasteiger partial charge in [0.15, 0.2) is 11.5 Å². The van der Waals surface area contributed by atoms with Gasteiger partial charge in [-0.25, -0.2) is 0 Å². The minimum atomic E-state index is -4.03. The van der Waals surface area contributed by atoms with Gasteiger partial charge in [0, 0.05) is 11.6 Å². The van der Waals surface area contributed by atoms with E-state index in [0.29, 0.717) is 11.3 Å². The molecule has 0 saturated heterocycles. The number of hydrogen-bond donors (Lipinski definition) is 0. The number of rotatable bonds is 4. The van der Waals surface area contributed by atoms with Crippen LogP contribution in [0.25, 0.3) is 10.9 Å². The number of hydrogen-bond acceptors (Lipinski definition) is 5. The molecule has 0 atom stereocenters. The maximum Gasteiger partial charge on any atom is 0.341 e. The zero-order chi connectivity index (χ0) is 16.4. The SMILES string of the molecule is COc1ccccc1OS(=O)(=O)c1cccc2cc(C)cnc12. The highest BCUT2D eigenvalue weighted by molar-refractivity contribution is 7.87. The Morgan fingerprint density at radius 2 is 1.74 bits per heavy atom. The van der Waals surface area contributed by atoms with E-state index >= 15 is 0 Å². The molecule has 0 aliphatic heterocycles. The monoisotopic (exact) mass is 329 g/mol. The maximum absolute atomic E-state index is 12.7. The van der Waals surface area contributed by atoms with Crippen LogP contribution in [0.1, 0.15) is 5.56 Å². The fourth-order valence-electron chi connectivity index (χ4n) is 2.30. The Morgan fingerprint density at radius 1 is 1.00 bits per heavy atom. The quantitative estimate of drug-likeness (QED) is 0.687. The van der Waals surface area contributed by atoms with Crippen LogP contribution in [0.5, 0.6) is 11.5 Å². The van der Waals surface area contributed by atoms with Crippen molar-refractivity contribution in [2.45, 2.75) is 11.8 Å². The number of aromatic nitrogens is 1. The van der Waals surface area contributed by atoms with Crippen LogP contribution in [-0.2, 0) is 10.1 Å². The van der Waals surface area contributed by atoms with Crippen LogP contribution in [0.15, 0.2) is 59.6 Å². The van der Waals surface area contributed by atoms with Gasteiger partial charge in [-0.2, -0.15) is 8.42 Å². The number of benzene rings is 2. The number of nitrogens with zero attached hydrogens (tertiary/aromatic N) is 1. The summed E-state index contributed by atoms with van der Waals surface area (Å²) in [6, 6.07) is 13.4. The van der Waals surface area contributed by atoms with Gasteiger partial charge in [-0.3, -0.25) is 4.98 Å². The molecule has 0 radical (unpaired) electrons. The molecule has 6 heteroatoms. The minimum absolute atomic E-state index is 0.0286. The minimum Gasteiger partial charge on any atom is -0.493 e.